The van der Waals surface area contributed by atoms with Crippen molar-refractivity contribution in [1.82, 2.24) is 0 Å². The summed E-state index contributed by atoms with van der Waals surface area (Å²) in [5, 5.41) is 22.7. The molecule has 0 heterocycles. The van der Waals surface area contributed by atoms with E-state index in [0.29, 0.717) is 5.56 Å². The lowest BCUT2D eigenvalue weighted by molar-refractivity contribution is 0.0922. The Morgan fingerprint density at radius 1 is 1.53 bits per heavy atom. The maximum absolute atomic E-state index is 10.2. The first-order chi connectivity index (χ1) is 8.02. The number of nitrogens with zero attached hydrogens (tertiary/aromatic N) is 4. The van der Waals surface area contributed by atoms with E-state index in [4.69, 9.17) is 10.8 Å². The number of aliphatic hydroxyl groups excluding tert-OH is 1. The summed E-state index contributed by atoms with van der Waals surface area (Å²) >= 11 is 0. The SMILES string of the molecule is CC1(C)c2ccc(C#N)cc2[C@H](N=[N+]=[N-])[C@H]1O. The number of fused-ring (bicyclic) bond motifs is 1. The fraction of sp³-hybridized carbons (Fsp3) is 0.417. The second-order valence-electron chi connectivity index (χ2n) is 4.73. The first kappa shape index (κ1) is 11.5. The molecule has 17 heavy (non-hydrogen) atoms. The minimum absolute atomic E-state index is 0.470. The lowest BCUT2D eigenvalue weighted by Gasteiger charge is -2.25. The molecule has 1 aromatic carbocycles. The van der Waals surface area contributed by atoms with Crippen LogP contribution in [0.2, 0.25) is 0 Å². The van der Waals surface area contributed by atoms with Crippen molar-refractivity contribution in [3.63, 3.8) is 0 Å². The number of benzene rings is 1. The Morgan fingerprint density at radius 3 is 2.82 bits per heavy atom. The summed E-state index contributed by atoms with van der Waals surface area (Å²) in [6.07, 6.45) is -0.762. The summed E-state index contributed by atoms with van der Waals surface area (Å²) < 4.78 is 0. The normalized spacial score (nSPS) is 24.6. The highest BCUT2D eigenvalue weighted by Gasteiger charge is 2.45. The first-order valence-electron chi connectivity index (χ1n) is 5.29. The molecule has 1 aliphatic carbocycles. The fourth-order valence-corrected chi connectivity index (χ4v) is 2.37. The van der Waals surface area contributed by atoms with Crippen LogP contribution < -0.4 is 0 Å². The van der Waals surface area contributed by atoms with Gasteiger partial charge in [0.25, 0.3) is 0 Å². The van der Waals surface area contributed by atoms with Crippen molar-refractivity contribution in [2.45, 2.75) is 31.4 Å². The maximum atomic E-state index is 10.2. The van der Waals surface area contributed by atoms with Crippen molar-refractivity contribution in [3.05, 3.63) is 45.3 Å². The molecular weight excluding hydrogens is 216 g/mol. The van der Waals surface area contributed by atoms with E-state index in [2.05, 4.69) is 10.0 Å². The summed E-state index contributed by atoms with van der Waals surface area (Å²) in [5.74, 6) is 0. The van der Waals surface area contributed by atoms with Gasteiger partial charge < -0.3 is 5.11 Å². The van der Waals surface area contributed by atoms with Gasteiger partial charge in [-0.05, 0) is 28.8 Å². The van der Waals surface area contributed by atoms with Gasteiger partial charge in [-0.15, -0.1) is 0 Å². The monoisotopic (exact) mass is 228 g/mol. The molecule has 0 amide bonds. The number of hydrogen-bond acceptors (Lipinski definition) is 3. The minimum atomic E-state index is -0.762. The Balaban J connectivity index is 2.66. The van der Waals surface area contributed by atoms with E-state index >= 15 is 0 Å². The zero-order chi connectivity index (χ0) is 12.6. The number of aliphatic hydroxyl groups is 1. The van der Waals surface area contributed by atoms with Crippen LogP contribution in [0.15, 0.2) is 23.3 Å². The predicted molar refractivity (Wildman–Crippen MR) is 62.1 cm³/mol. The zero-order valence-corrected chi connectivity index (χ0v) is 9.62. The third kappa shape index (κ3) is 1.55. The zero-order valence-electron chi connectivity index (χ0n) is 9.62. The molecule has 1 N–H and O–H groups in total. The standard InChI is InChI=1S/C12H12N4O/c1-12(2)9-4-3-7(6-13)5-8(9)10(11(12)17)15-16-14/h3-5,10-11,17H,1-2H3/t10-,11+/m0/s1. The molecule has 0 fully saturated rings. The maximum Gasteiger partial charge on any atom is 0.0991 e. The molecule has 0 aliphatic heterocycles. The van der Waals surface area contributed by atoms with E-state index in [9.17, 15) is 5.11 Å². The van der Waals surface area contributed by atoms with Crippen LogP contribution in [0.1, 0.15) is 36.6 Å². The van der Waals surface area contributed by atoms with E-state index < -0.39 is 17.6 Å². The van der Waals surface area contributed by atoms with Crippen LogP contribution in [0.25, 0.3) is 10.4 Å². The van der Waals surface area contributed by atoms with Gasteiger partial charge in [0.15, 0.2) is 0 Å². The van der Waals surface area contributed by atoms with Gasteiger partial charge in [-0.1, -0.05) is 25.0 Å². The average molecular weight is 228 g/mol. The quantitative estimate of drug-likeness (QED) is 0.454. The van der Waals surface area contributed by atoms with Crippen LogP contribution in [-0.4, -0.2) is 11.2 Å². The lowest BCUT2D eigenvalue weighted by atomic mass is 9.84. The summed E-state index contributed by atoms with van der Waals surface area (Å²) in [6.45, 7) is 3.80. The number of nitriles is 1. The van der Waals surface area contributed by atoms with Crippen LogP contribution in [-0.2, 0) is 5.41 Å². The summed E-state index contributed by atoms with van der Waals surface area (Å²) in [4.78, 5) is 2.77. The van der Waals surface area contributed by atoms with Crippen LogP contribution in [0.3, 0.4) is 0 Å². The van der Waals surface area contributed by atoms with Crippen molar-refractivity contribution in [3.8, 4) is 6.07 Å². The van der Waals surface area contributed by atoms with Crippen molar-refractivity contribution in [1.29, 1.82) is 5.26 Å². The molecule has 86 valence electrons. The van der Waals surface area contributed by atoms with Gasteiger partial charge in [0.05, 0.1) is 23.8 Å². The Hall–Kier alpha value is -2.02. The smallest absolute Gasteiger partial charge is 0.0991 e. The molecule has 0 spiro atoms. The Morgan fingerprint density at radius 2 is 2.24 bits per heavy atom. The first-order valence-corrected chi connectivity index (χ1v) is 5.29. The van der Waals surface area contributed by atoms with E-state index in [0.717, 1.165) is 11.1 Å². The molecule has 5 heteroatoms. The van der Waals surface area contributed by atoms with Gasteiger partial charge in [0.2, 0.25) is 0 Å². The summed E-state index contributed by atoms with van der Waals surface area (Å²) in [5.41, 5.74) is 10.3. The highest BCUT2D eigenvalue weighted by molar-refractivity contribution is 5.48. The van der Waals surface area contributed by atoms with Gasteiger partial charge in [0.1, 0.15) is 0 Å². The molecule has 1 aliphatic rings. The minimum Gasteiger partial charge on any atom is -0.391 e. The van der Waals surface area contributed by atoms with Gasteiger partial charge in [-0.2, -0.15) is 5.26 Å². The molecule has 0 aromatic heterocycles. The van der Waals surface area contributed by atoms with Crippen LogP contribution >= 0.6 is 0 Å². The highest BCUT2D eigenvalue weighted by Crippen LogP contribution is 2.46. The fourth-order valence-electron chi connectivity index (χ4n) is 2.37. The largest absolute Gasteiger partial charge is 0.391 e. The molecule has 0 saturated heterocycles. The second-order valence-corrected chi connectivity index (χ2v) is 4.73. The van der Waals surface area contributed by atoms with Gasteiger partial charge in [-0.25, -0.2) is 0 Å². The number of hydrogen-bond donors (Lipinski definition) is 1. The van der Waals surface area contributed by atoms with E-state index in [1.54, 1.807) is 12.1 Å². The van der Waals surface area contributed by atoms with Gasteiger partial charge in [-0.3, -0.25) is 0 Å². The van der Waals surface area contributed by atoms with Crippen LogP contribution in [0.5, 0.6) is 0 Å². The molecular formula is C12H12N4O. The Labute approximate surface area is 98.9 Å². The van der Waals surface area contributed by atoms with Gasteiger partial charge in [0, 0.05) is 10.3 Å². The number of azide groups is 1. The molecule has 0 unspecified atom stereocenters. The summed E-state index contributed by atoms with van der Waals surface area (Å²) in [7, 11) is 0. The van der Waals surface area contributed by atoms with Crippen LogP contribution in [0.4, 0.5) is 0 Å². The number of rotatable bonds is 1. The molecule has 0 saturated carbocycles. The van der Waals surface area contributed by atoms with E-state index in [1.165, 1.54) is 0 Å². The van der Waals surface area contributed by atoms with Crippen molar-refractivity contribution >= 4 is 0 Å². The third-order valence-corrected chi connectivity index (χ3v) is 3.41. The summed E-state index contributed by atoms with van der Waals surface area (Å²) in [6, 6.07) is 6.66. The second kappa shape index (κ2) is 3.77. The predicted octanol–water partition coefficient (Wildman–Crippen LogP) is 2.56. The van der Waals surface area contributed by atoms with Gasteiger partial charge >= 0.3 is 0 Å². The van der Waals surface area contributed by atoms with Crippen molar-refractivity contribution < 1.29 is 5.11 Å². The van der Waals surface area contributed by atoms with E-state index in [1.807, 2.05) is 26.0 Å². The lowest BCUT2D eigenvalue weighted by Crippen LogP contribution is -2.30. The highest BCUT2D eigenvalue weighted by atomic mass is 16.3. The third-order valence-electron chi connectivity index (χ3n) is 3.41. The molecule has 2 rings (SSSR count). The molecule has 0 radical (unpaired) electrons. The van der Waals surface area contributed by atoms with Crippen LogP contribution in [0, 0.1) is 11.3 Å². The molecule has 1 aromatic rings. The molecule has 0 bridgehead atoms. The van der Waals surface area contributed by atoms with Crippen molar-refractivity contribution in [2.24, 2.45) is 5.11 Å². The molecule has 5 nitrogen and oxygen atoms in total. The van der Waals surface area contributed by atoms with E-state index in [-0.39, 0.29) is 0 Å². The van der Waals surface area contributed by atoms with Crippen molar-refractivity contribution in [2.75, 3.05) is 0 Å². The molecule has 2 atom stereocenters. The average Bonchev–Trinajstić information content (AvgIpc) is 2.51. The Bertz CT molecular complexity index is 552. The Kier molecular flexibility index (Phi) is 2.55. The topological polar surface area (TPSA) is 92.8 Å².